The average Bonchev–Trinajstić information content (AvgIpc) is 3.46. The minimum atomic E-state index is -0.181. The first-order chi connectivity index (χ1) is 13.3. The van der Waals surface area contributed by atoms with Gasteiger partial charge in [0.25, 0.3) is 5.91 Å². The molecule has 0 bridgehead atoms. The third kappa shape index (κ3) is 2.81. The second-order valence-electron chi connectivity index (χ2n) is 7.03. The SMILES string of the molecule is O=C(c1cnn2c1CCCC2)N1CCC[C@@H]1c1nc(-c2ccncc2)no1. The normalized spacial score (nSPS) is 19.3. The third-order valence-corrected chi connectivity index (χ3v) is 5.39. The van der Waals surface area contributed by atoms with Gasteiger partial charge in [0.05, 0.1) is 17.5 Å². The molecule has 5 heterocycles. The smallest absolute Gasteiger partial charge is 0.258 e. The van der Waals surface area contributed by atoms with Crippen LogP contribution in [0.2, 0.25) is 0 Å². The van der Waals surface area contributed by atoms with Gasteiger partial charge in [-0.05, 0) is 44.2 Å². The highest BCUT2D eigenvalue weighted by molar-refractivity contribution is 5.95. The highest BCUT2D eigenvalue weighted by Crippen LogP contribution is 2.34. The summed E-state index contributed by atoms with van der Waals surface area (Å²) in [6, 6.07) is 3.50. The number of carbonyl (C=O) groups is 1. The molecule has 5 rings (SSSR count). The average molecular weight is 364 g/mol. The quantitative estimate of drug-likeness (QED) is 0.710. The van der Waals surface area contributed by atoms with E-state index in [1.807, 2.05) is 21.7 Å². The lowest BCUT2D eigenvalue weighted by molar-refractivity contribution is 0.0708. The molecule has 0 aliphatic carbocycles. The lowest BCUT2D eigenvalue weighted by Gasteiger charge is -2.22. The molecule has 2 aliphatic heterocycles. The van der Waals surface area contributed by atoms with E-state index in [2.05, 4.69) is 20.2 Å². The van der Waals surface area contributed by atoms with E-state index >= 15 is 0 Å². The van der Waals surface area contributed by atoms with Crippen LogP contribution in [0.25, 0.3) is 11.4 Å². The Hall–Kier alpha value is -3.03. The van der Waals surface area contributed by atoms with Gasteiger partial charge in [-0.25, -0.2) is 0 Å². The number of amides is 1. The van der Waals surface area contributed by atoms with Crippen LogP contribution < -0.4 is 0 Å². The van der Waals surface area contributed by atoms with Crippen molar-refractivity contribution in [3.63, 3.8) is 0 Å². The third-order valence-electron chi connectivity index (χ3n) is 5.39. The molecule has 138 valence electrons. The van der Waals surface area contributed by atoms with Crippen molar-refractivity contribution in [1.82, 2.24) is 29.8 Å². The second-order valence-corrected chi connectivity index (χ2v) is 7.03. The molecular weight excluding hydrogens is 344 g/mol. The Morgan fingerprint density at radius 1 is 1.15 bits per heavy atom. The van der Waals surface area contributed by atoms with Crippen molar-refractivity contribution in [2.75, 3.05) is 6.54 Å². The molecule has 1 atom stereocenters. The van der Waals surface area contributed by atoms with Gasteiger partial charge in [-0.3, -0.25) is 14.5 Å². The number of fused-ring (bicyclic) bond motifs is 1. The summed E-state index contributed by atoms with van der Waals surface area (Å²) in [6.07, 6.45) is 9.99. The number of likely N-dealkylation sites (tertiary alicyclic amines) is 1. The fraction of sp³-hybridized carbons (Fsp3) is 0.421. The summed E-state index contributed by atoms with van der Waals surface area (Å²) in [5.74, 6) is 1.03. The Morgan fingerprint density at radius 3 is 2.93 bits per heavy atom. The lowest BCUT2D eigenvalue weighted by Crippen LogP contribution is -2.31. The monoisotopic (exact) mass is 364 g/mol. The van der Waals surface area contributed by atoms with Crippen LogP contribution >= 0.6 is 0 Å². The molecule has 8 heteroatoms. The highest BCUT2D eigenvalue weighted by atomic mass is 16.5. The molecule has 3 aromatic rings. The van der Waals surface area contributed by atoms with Crippen LogP contribution in [0, 0.1) is 0 Å². The Morgan fingerprint density at radius 2 is 2.04 bits per heavy atom. The van der Waals surface area contributed by atoms with E-state index < -0.39 is 0 Å². The Balaban J connectivity index is 1.42. The molecule has 0 saturated carbocycles. The number of hydrogen-bond donors (Lipinski definition) is 0. The van der Waals surface area contributed by atoms with Gasteiger partial charge in [0.2, 0.25) is 11.7 Å². The molecule has 0 aromatic carbocycles. The predicted molar refractivity (Wildman–Crippen MR) is 95.7 cm³/mol. The first-order valence-electron chi connectivity index (χ1n) is 9.41. The molecule has 3 aromatic heterocycles. The molecule has 0 N–H and O–H groups in total. The van der Waals surface area contributed by atoms with Crippen molar-refractivity contribution in [2.45, 2.75) is 44.7 Å². The lowest BCUT2D eigenvalue weighted by atomic mass is 10.1. The zero-order valence-corrected chi connectivity index (χ0v) is 14.9. The first-order valence-corrected chi connectivity index (χ1v) is 9.41. The maximum absolute atomic E-state index is 13.2. The fourth-order valence-corrected chi connectivity index (χ4v) is 4.01. The number of aryl methyl sites for hydroxylation is 1. The van der Waals surface area contributed by atoms with E-state index in [1.54, 1.807) is 18.6 Å². The fourth-order valence-electron chi connectivity index (χ4n) is 4.01. The van der Waals surface area contributed by atoms with Crippen LogP contribution in [0.4, 0.5) is 0 Å². The van der Waals surface area contributed by atoms with Crippen molar-refractivity contribution in [3.05, 3.63) is 47.9 Å². The van der Waals surface area contributed by atoms with Crippen molar-refractivity contribution in [2.24, 2.45) is 0 Å². The number of carbonyl (C=O) groups excluding carboxylic acids is 1. The van der Waals surface area contributed by atoms with Crippen LogP contribution in [-0.4, -0.2) is 42.3 Å². The molecule has 1 saturated heterocycles. The number of pyridine rings is 1. The predicted octanol–water partition coefficient (Wildman–Crippen LogP) is 2.64. The molecule has 0 unspecified atom stereocenters. The van der Waals surface area contributed by atoms with Crippen LogP contribution in [0.3, 0.4) is 0 Å². The molecule has 0 spiro atoms. The summed E-state index contributed by atoms with van der Waals surface area (Å²) < 4.78 is 7.49. The maximum atomic E-state index is 13.2. The van der Waals surface area contributed by atoms with Crippen molar-refractivity contribution in [3.8, 4) is 11.4 Å². The van der Waals surface area contributed by atoms with Crippen LogP contribution in [0.1, 0.15) is 53.7 Å². The summed E-state index contributed by atoms with van der Waals surface area (Å²) in [5.41, 5.74) is 2.62. The molecule has 1 amide bonds. The van der Waals surface area contributed by atoms with Crippen LogP contribution in [-0.2, 0) is 13.0 Å². The summed E-state index contributed by atoms with van der Waals surface area (Å²) in [5, 5.41) is 8.49. The van der Waals surface area contributed by atoms with E-state index in [9.17, 15) is 4.79 Å². The summed E-state index contributed by atoms with van der Waals surface area (Å²) >= 11 is 0. The molecular formula is C19H20N6O2. The maximum Gasteiger partial charge on any atom is 0.258 e. The van der Waals surface area contributed by atoms with Crippen molar-refractivity contribution < 1.29 is 9.32 Å². The molecule has 0 radical (unpaired) electrons. The van der Waals surface area contributed by atoms with Gasteiger partial charge < -0.3 is 9.42 Å². The van der Waals surface area contributed by atoms with Crippen LogP contribution in [0.15, 0.2) is 35.2 Å². The van der Waals surface area contributed by atoms with Gasteiger partial charge in [0.1, 0.15) is 6.04 Å². The van der Waals surface area contributed by atoms with Gasteiger partial charge in [-0.15, -0.1) is 0 Å². The number of rotatable bonds is 3. The Labute approximate surface area is 156 Å². The van der Waals surface area contributed by atoms with E-state index in [4.69, 9.17) is 4.52 Å². The van der Waals surface area contributed by atoms with Crippen LogP contribution in [0.5, 0.6) is 0 Å². The van der Waals surface area contributed by atoms with Crippen molar-refractivity contribution in [1.29, 1.82) is 0 Å². The number of hydrogen-bond acceptors (Lipinski definition) is 6. The second kappa shape index (κ2) is 6.61. The van der Waals surface area contributed by atoms with E-state index in [1.165, 1.54) is 0 Å². The van der Waals surface area contributed by atoms with Gasteiger partial charge in [-0.2, -0.15) is 10.1 Å². The number of aromatic nitrogens is 5. The number of nitrogens with zero attached hydrogens (tertiary/aromatic N) is 6. The Bertz CT molecular complexity index is 964. The highest BCUT2D eigenvalue weighted by Gasteiger charge is 2.36. The zero-order chi connectivity index (χ0) is 18.2. The molecule has 1 fully saturated rings. The van der Waals surface area contributed by atoms with Crippen molar-refractivity contribution >= 4 is 5.91 Å². The largest absolute Gasteiger partial charge is 0.337 e. The van der Waals surface area contributed by atoms with Gasteiger partial charge >= 0.3 is 0 Å². The summed E-state index contributed by atoms with van der Waals surface area (Å²) in [4.78, 5) is 23.6. The van der Waals surface area contributed by atoms with Gasteiger partial charge in [0.15, 0.2) is 0 Å². The van der Waals surface area contributed by atoms with E-state index in [0.29, 0.717) is 18.3 Å². The molecule has 27 heavy (non-hydrogen) atoms. The zero-order valence-electron chi connectivity index (χ0n) is 14.9. The van der Waals surface area contributed by atoms with Gasteiger partial charge in [-0.1, -0.05) is 5.16 Å². The van der Waals surface area contributed by atoms with E-state index in [0.717, 1.165) is 55.5 Å². The Kier molecular flexibility index (Phi) is 3.95. The van der Waals surface area contributed by atoms with Gasteiger partial charge in [0, 0.05) is 31.0 Å². The minimum Gasteiger partial charge on any atom is -0.337 e. The summed E-state index contributed by atoms with van der Waals surface area (Å²) in [6.45, 7) is 1.59. The standard InChI is InChI=1S/C19H20N6O2/c26-19(14-12-21-25-11-2-1-4-15(14)25)24-10-3-5-16(24)18-22-17(23-27-18)13-6-8-20-9-7-13/h6-9,12,16H,1-5,10-11H2/t16-/m1/s1. The minimum absolute atomic E-state index is 0.0179. The molecule has 8 nitrogen and oxygen atoms in total. The topological polar surface area (TPSA) is 89.9 Å². The summed E-state index contributed by atoms with van der Waals surface area (Å²) in [7, 11) is 0. The molecule has 2 aliphatic rings. The first kappa shape index (κ1) is 16.2. The van der Waals surface area contributed by atoms with E-state index in [-0.39, 0.29) is 11.9 Å².